The highest BCUT2D eigenvalue weighted by Gasteiger charge is 2.17. The summed E-state index contributed by atoms with van der Waals surface area (Å²) < 4.78 is 1.66. The highest BCUT2D eigenvalue weighted by molar-refractivity contribution is 6.06. The molecule has 0 radical (unpaired) electrons. The van der Waals surface area contributed by atoms with Crippen LogP contribution in [-0.2, 0) is 11.8 Å². The van der Waals surface area contributed by atoms with Gasteiger partial charge in [0.05, 0.1) is 16.6 Å². The summed E-state index contributed by atoms with van der Waals surface area (Å²) >= 11 is 0. The van der Waals surface area contributed by atoms with E-state index in [4.69, 9.17) is 0 Å². The maximum atomic E-state index is 12.6. The van der Waals surface area contributed by atoms with Crippen molar-refractivity contribution in [2.24, 2.45) is 7.05 Å². The molecular formula is C18H20N6O2. The van der Waals surface area contributed by atoms with Crippen LogP contribution in [0.15, 0.2) is 30.5 Å². The van der Waals surface area contributed by atoms with Gasteiger partial charge in [-0.2, -0.15) is 5.10 Å². The molecule has 2 amide bonds. The topological polar surface area (TPSA) is 102 Å². The predicted octanol–water partition coefficient (Wildman–Crippen LogP) is 1.74. The number of hydrogen-bond donors (Lipinski definition) is 2. The average Bonchev–Trinajstić information content (AvgIpc) is 2.89. The van der Waals surface area contributed by atoms with Crippen LogP contribution in [0.4, 0.5) is 5.82 Å². The van der Waals surface area contributed by atoms with Crippen molar-refractivity contribution in [3.63, 3.8) is 0 Å². The van der Waals surface area contributed by atoms with E-state index in [0.717, 1.165) is 16.8 Å². The van der Waals surface area contributed by atoms with Crippen LogP contribution >= 0.6 is 0 Å². The number of carbonyl (C=O) groups excluding carboxylic acids is 2. The predicted molar refractivity (Wildman–Crippen MR) is 97.8 cm³/mol. The Labute approximate surface area is 150 Å². The highest BCUT2D eigenvalue weighted by atomic mass is 16.2. The Balaban J connectivity index is 1.65. The Kier molecular flexibility index (Phi) is 4.92. The molecule has 0 spiro atoms. The van der Waals surface area contributed by atoms with Crippen LogP contribution in [0.3, 0.4) is 0 Å². The summed E-state index contributed by atoms with van der Waals surface area (Å²) in [6.45, 7) is 3.90. The second-order valence-electron chi connectivity index (χ2n) is 5.99. The zero-order valence-corrected chi connectivity index (χ0v) is 14.9. The molecule has 8 heteroatoms. The third-order valence-electron chi connectivity index (χ3n) is 3.91. The van der Waals surface area contributed by atoms with E-state index in [-0.39, 0.29) is 24.8 Å². The Hall–Kier alpha value is -3.29. The molecule has 3 heterocycles. The summed E-state index contributed by atoms with van der Waals surface area (Å²) in [4.78, 5) is 33.0. The van der Waals surface area contributed by atoms with E-state index < -0.39 is 0 Å². The van der Waals surface area contributed by atoms with Gasteiger partial charge in [0.25, 0.3) is 5.91 Å². The number of carbonyl (C=O) groups is 2. The van der Waals surface area contributed by atoms with Crippen LogP contribution < -0.4 is 10.6 Å². The summed E-state index contributed by atoms with van der Waals surface area (Å²) in [5.74, 6) is 0.0288. The second-order valence-corrected chi connectivity index (χ2v) is 5.99. The molecule has 0 aliphatic carbocycles. The van der Waals surface area contributed by atoms with Crippen LogP contribution in [-0.4, -0.2) is 38.1 Å². The molecule has 0 atom stereocenters. The lowest BCUT2D eigenvalue weighted by atomic mass is 10.1. The number of aryl methyl sites for hydroxylation is 3. The third-order valence-corrected chi connectivity index (χ3v) is 3.91. The molecule has 3 aromatic heterocycles. The van der Waals surface area contributed by atoms with Gasteiger partial charge >= 0.3 is 0 Å². The number of pyridine rings is 2. The first-order valence-electron chi connectivity index (χ1n) is 8.25. The van der Waals surface area contributed by atoms with Gasteiger partial charge in [-0.1, -0.05) is 6.07 Å². The molecular weight excluding hydrogens is 332 g/mol. The van der Waals surface area contributed by atoms with Crippen LogP contribution in [0, 0.1) is 13.8 Å². The minimum Gasteiger partial charge on any atom is -0.351 e. The van der Waals surface area contributed by atoms with Gasteiger partial charge in [-0.25, -0.2) is 9.97 Å². The fourth-order valence-electron chi connectivity index (χ4n) is 2.78. The van der Waals surface area contributed by atoms with Gasteiger partial charge in [0.15, 0.2) is 5.65 Å². The molecule has 0 aromatic carbocycles. The molecule has 8 nitrogen and oxygen atoms in total. The molecule has 0 aliphatic heterocycles. The van der Waals surface area contributed by atoms with Crippen molar-refractivity contribution in [1.82, 2.24) is 25.1 Å². The smallest absolute Gasteiger partial charge is 0.252 e. The first kappa shape index (κ1) is 17.5. The third kappa shape index (κ3) is 3.69. The van der Waals surface area contributed by atoms with Crippen molar-refractivity contribution in [2.45, 2.75) is 20.3 Å². The number of nitrogens with zero attached hydrogens (tertiary/aromatic N) is 4. The average molecular weight is 352 g/mol. The van der Waals surface area contributed by atoms with Gasteiger partial charge in [0.2, 0.25) is 5.91 Å². The maximum absolute atomic E-state index is 12.6. The van der Waals surface area contributed by atoms with Crippen molar-refractivity contribution in [1.29, 1.82) is 0 Å². The van der Waals surface area contributed by atoms with Crippen LogP contribution in [0.2, 0.25) is 0 Å². The Bertz CT molecular complexity index is 965. The summed E-state index contributed by atoms with van der Waals surface area (Å²) in [5, 5.41) is 10.5. The molecule has 0 unspecified atom stereocenters. The fraction of sp³-hybridized carbons (Fsp3) is 0.278. The van der Waals surface area contributed by atoms with E-state index in [1.165, 1.54) is 0 Å². The van der Waals surface area contributed by atoms with Crippen molar-refractivity contribution in [3.05, 3.63) is 47.4 Å². The van der Waals surface area contributed by atoms with Gasteiger partial charge in [-0.15, -0.1) is 0 Å². The second kappa shape index (κ2) is 7.30. The van der Waals surface area contributed by atoms with Gasteiger partial charge in [-0.3, -0.25) is 14.3 Å². The van der Waals surface area contributed by atoms with Crippen molar-refractivity contribution in [3.8, 4) is 0 Å². The van der Waals surface area contributed by atoms with Crippen LogP contribution in [0.1, 0.15) is 28.2 Å². The number of aromatic nitrogens is 4. The number of hydrogen-bond acceptors (Lipinski definition) is 5. The summed E-state index contributed by atoms with van der Waals surface area (Å²) in [6, 6.07) is 7.00. The SMILES string of the molecule is Cc1cc(C(=O)NCCC(=O)Nc2ccccn2)c2c(C)nn(C)c2n1. The van der Waals surface area contributed by atoms with E-state index in [1.807, 2.05) is 13.8 Å². The Morgan fingerprint density at radius 2 is 2.04 bits per heavy atom. The quantitative estimate of drug-likeness (QED) is 0.728. The van der Waals surface area contributed by atoms with Gasteiger partial charge in [0, 0.05) is 31.9 Å². The molecule has 26 heavy (non-hydrogen) atoms. The highest BCUT2D eigenvalue weighted by Crippen LogP contribution is 2.21. The molecule has 0 saturated heterocycles. The molecule has 0 saturated carbocycles. The van der Waals surface area contributed by atoms with E-state index >= 15 is 0 Å². The standard InChI is InChI=1S/C18H20N6O2/c1-11-10-13(16-12(2)23-24(3)17(16)21-11)18(26)20-9-7-15(25)22-14-6-4-5-8-19-14/h4-6,8,10H,7,9H2,1-3H3,(H,20,26)(H,19,22,25). The first-order valence-corrected chi connectivity index (χ1v) is 8.25. The molecule has 0 aliphatic rings. The molecule has 0 bridgehead atoms. The number of nitrogens with one attached hydrogen (secondary N) is 2. The largest absolute Gasteiger partial charge is 0.351 e. The summed E-state index contributed by atoms with van der Waals surface area (Å²) in [6.07, 6.45) is 1.76. The molecule has 134 valence electrons. The Morgan fingerprint density at radius 1 is 1.23 bits per heavy atom. The van der Waals surface area contributed by atoms with Crippen molar-refractivity contribution >= 4 is 28.7 Å². The van der Waals surface area contributed by atoms with Crippen molar-refractivity contribution < 1.29 is 9.59 Å². The van der Waals surface area contributed by atoms with Gasteiger partial charge < -0.3 is 10.6 Å². The van der Waals surface area contributed by atoms with E-state index in [2.05, 4.69) is 25.7 Å². The van der Waals surface area contributed by atoms with Crippen LogP contribution in [0.25, 0.3) is 11.0 Å². The number of amides is 2. The van der Waals surface area contributed by atoms with Crippen molar-refractivity contribution in [2.75, 3.05) is 11.9 Å². The maximum Gasteiger partial charge on any atom is 0.252 e. The zero-order valence-electron chi connectivity index (χ0n) is 14.9. The van der Waals surface area contributed by atoms with Crippen LogP contribution in [0.5, 0.6) is 0 Å². The molecule has 0 fully saturated rings. The van der Waals surface area contributed by atoms with E-state index in [9.17, 15) is 9.59 Å². The lowest BCUT2D eigenvalue weighted by molar-refractivity contribution is -0.116. The minimum absolute atomic E-state index is 0.154. The lowest BCUT2D eigenvalue weighted by Crippen LogP contribution is -2.28. The van der Waals surface area contributed by atoms with Gasteiger partial charge in [-0.05, 0) is 32.0 Å². The number of fused-ring (bicyclic) bond motifs is 1. The zero-order chi connectivity index (χ0) is 18.7. The van der Waals surface area contributed by atoms with E-state index in [1.54, 1.807) is 42.2 Å². The summed E-state index contributed by atoms with van der Waals surface area (Å²) in [7, 11) is 1.80. The molecule has 3 aromatic rings. The number of anilines is 1. The minimum atomic E-state index is -0.248. The van der Waals surface area contributed by atoms with Gasteiger partial charge in [0.1, 0.15) is 5.82 Å². The molecule has 3 rings (SSSR count). The first-order chi connectivity index (χ1) is 12.5. The molecule has 2 N–H and O–H groups in total. The normalized spacial score (nSPS) is 10.7. The fourth-order valence-corrected chi connectivity index (χ4v) is 2.78. The number of rotatable bonds is 5. The monoisotopic (exact) mass is 352 g/mol. The lowest BCUT2D eigenvalue weighted by Gasteiger charge is -2.08. The Morgan fingerprint density at radius 3 is 2.77 bits per heavy atom. The van der Waals surface area contributed by atoms with E-state index in [0.29, 0.717) is 17.0 Å². The summed E-state index contributed by atoms with van der Waals surface area (Å²) in [5.41, 5.74) is 2.66.